The van der Waals surface area contributed by atoms with E-state index < -0.39 is 10.0 Å². The molecule has 2 aromatic rings. The number of thiophene rings is 1. The van der Waals surface area contributed by atoms with Crippen LogP contribution in [0.15, 0.2) is 44.4 Å². The number of rotatable bonds is 6. The van der Waals surface area contributed by atoms with E-state index in [2.05, 4.69) is 20.7 Å². The van der Waals surface area contributed by atoms with Crippen LogP contribution in [0, 0.1) is 0 Å². The highest BCUT2D eigenvalue weighted by Gasteiger charge is 2.18. The second-order valence-corrected chi connectivity index (χ2v) is 8.52. The lowest BCUT2D eigenvalue weighted by Gasteiger charge is -2.07. The molecule has 0 bridgehead atoms. The van der Waals surface area contributed by atoms with E-state index in [-0.39, 0.29) is 17.4 Å². The molecule has 1 heterocycles. The van der Waals surface area contributed by atoms with E-state index in [0.29, 0.717) is 14.6 Å². The average molecular weight is 397 g/mol. The van der Waals surface area contributed by atoms with Crippen molar-refractivity contribution in [2.24, 2.45) is 0 Å². The van der Waals surface area contributed by atoms with Gasteiger partial charge in [0.1, 0.15) is 16.6 Å². The number of nitrogens with one attached hydrogen (secondary N) is 1. The summed E-state index contributed by atoms with van der Waals surface area (Å²) in [5.41, 5.74) is 0. The summed E-state index contributed by atoms with van der Waals surface area (Å²) in [7, 11) is -3.54. The fraction of sp³-hybridized carbons (Fsp3) is 0.167. The maximum Gasteiger partial charge on any atom is 0.250 e. The lowest BCUT2D eigenvalue weighted by atomic mass is 10.3. The van der Waals surface area contributed by atoms with Crippen molar-refractivity contribution in [1.29, 1.82) is 0 Å². The van der Waals surface area contributed by atoms with E-state index in [9.17, 15) is 8.42 Å². The molecule has 0 saturated carbocycles. The first-order chi connectivity index (χ1) is 9.49. The Labute approximate surface area is 134 Å². The third-order valence-electron chi connectivity index (χ3n) is 2.29. The fourth-order valence-corrected chi connectivity index (χ4v) is 4.85. The first kappa shape index (κ1) is 15.8. The van der Waals surface area contributed by atoms with E-state index in [1.807, 2.05) is 30.3 Å². The molecule has 20 heavy (non-hydrogen) atoms. The summed E-state index contributed by atoms with van der Waals surface area (Å²) < 4.78 is 32.6. The molecule has 108 valence electrons. The molecule has 0 fully saturated rings. The van der Waals surface area contributed by atoms with Gasteiger partial charge in [-0.3, -0.25) is 0 Å². The van der Waals surface area contributed by atoms with E-state index in [1.165, 1.54) is 6.07 Å². The number of para-hydroxylation sites is 1. The predicted octanol–water partition coefficient (Wildman–Crippen LogP) is 3.52. The Hall–Kier alpha value is -0.600. The zero-order valence-electron chi connectivity index (χ0n) is 10.2. The first-order valence-electron chi connectivity index (χ1n) is 5.61. The van der Waals surface area contributed by atoms with Crippen molar-refractivity contribution in [3.8, 4) is 5.75 Å². The Bertz CT molecular complexity index is 654. The maximum absolute atomic E-state index is 12.0. The minimum Gasteiger partial charge on any atom is -0.492 e. The van der Waals surface area contributed by atoms with Gasteiger partial charge in [0, 0.05) is 6.54 Å². The minimum atomic E-state index is -3.54. The second kappa shape index (κ2) is 6.91. The molecule has 8 heteroatoms. The Morgan fingerprint density at radius 1 is 1.30 bits per heavy atom. The SMILES string of the molecule is O=S(=O)(NCCOc1ccccc1)c1cc(Cl)c(Br)s1. The maximum atomic E-state index is 12.0. The van der Waals surface area contributed by atoms with Crippen LogP contribution in [-0.2, 0) is 10.0 Å². The molecule has 1 aromatic carbocycles. The lowest BCUT2D eigenvalue weighted by molar-refractivity contribution is 0.323. The predicted molar refractivity (Wildman–Crippen MR) is 84.2 cm³/mol. The van der Waals surface area contributed by atoms with Crippen LogP contribution in [0.5, 0.6) is 5.75 Å². The van der Waals surface area contributed by atoms with Crippen LogP contribution in [0.25, 0.3) is 0 Å². The zero-order valence-corrected chi connectivity index (χ0v) is 14.2. The summed E-state index contributed by atoms with van der Waals surface area (Å²) in [6, 6.07) is 10.6. The standard InChI is InChI=1S/C12H11BrClNO3S2/c13-12-10(14)8-11(19-12)20(16,17)15-6-7-18-9-4-2-1-3-5-9/h1-5,8,15H,6-7H2. The molecule has 0 aliphatic heterocycles. The van der Waals surface area contributed by atoms with Gasteiger partial charge in [0.25, 0.3) is 0 Å². The van der Waals surface area contributed by atoms with Crippen LogP contribution in [0.1, 0.15) is 0 Å². The number of halogens is 2. The molecule has 0 atom stereocenters. The quantitative estimate of drug-likeness (QED) is 0.760. The van der Waals surface area contributed by atoms with E-state index in [4.69, 9.17) is 16.3 Å². The van der Waals surface area contributed by atoms with Gasteiger partial charge in [-0.25, -0.2) is 13.1 Å². The molecule has 0 aliphatic rings. The molecule has 0 amide bonds. The summed E-state index contributed by atoms with van der Waals surface area (Å²) in [5.74, 6) is 0.702. The molecule has 0 unspecified atom stereocenters. The van der Waals surface area contributed by atoms with Gasteiger partial charge in [-0.1, -0.05) is 29.8 Å². The third kappa shape index (κ3) is 4.20. The monoisotopic (exact) mass is 395 g/mol. The molecule has 0 aliphatic carbocycles. The summed E-state index contributed by atoms with van der Waals surface area (Å²) in [5, 5.41) is 0.385. The van der Waals surface area contributed by atoms with Crippen molar-refractivity contribution in [2.45, 2.75) is 4.21 Å². The Balaban J connectivity index is 1.87. The van der Waals surface area contributed by atoms with Gasteiger partial charge in [0.15, 0.2) is 0 Å². The van der Waals surface area contributed by atoms with Crippen LogP contribution >= 0.6 is 38.9 Å². The van der Waals surface area contributed by atoms with Gasteiger partial charge in [-0.05, 0) is 34.1 Å². The van der Waals surface area contributed by atoms with Crippen LogP contribution in [0.3, 0.4) is 0 Å². The lowest BCUT2D eigenvalue weighted by Crippen LogP contribution is -2.27. The molecule has 1 N–H and O–H groups in total. The van der Waals surface area contributed by atoms with Crippen LogP contribution in [0.4, 0.5) is 0 Å². The number of hydrogen-bond acceptors (Lipinski definition) is 4. The van der Waals surface area contributed by atoms with Crippen molar-refractivity contribution in [3.63, 3.8) is 0 Å². The van der Waals surface area contributed by atoms with Crippen LogP contribution in [0.2, 0.25) is 5.02 Å². The summed E-state index contributed by atoms with van der Waals surface area (Å²) >= 11 is 10.1. The van der Waals surface area contributed by atoms with Crippen LogP contribution < -0.4 is 9.46 Å². The molecule has 0 radical (unpaired) electrons. The average Bonchev–Trinajstić information content (AvgIpc) is 2.77. The number of hydrogen-bond donors (Lipinski definition) is 1. The van der Waals surface area contributed by atoms with Gasteiger partial charge in [-0.2, -0.15) is 0 Å². The Morgan fingerprint density at radius 3 is 2.60 bits per heavy atom. The largest absolute Gasteiger partial charge is 0.492 e. The molecular weight excluding hydrogens is 386 g/mol. The molecule has 0 saturated heterocycles. The van der Waals surface area contributed by atoms with Crippen molar-refractivity contribution >= 4 is 48.9 Å². The minimum absolute atomic E-state index is 0.175. The summed E-state index contributed by atoms with van der Waals surface area (Å²) in [6.45, 7) is 0.438. The highest BCUT2D eigenvalue weighted by Crippen LogP contribution is 2.34. The van der Waals surface area contributed by atoms with Crippen LogP contribution in [-0.4, -0.2) is 21.6 Å². The normalized spacial score (nSPS) is 11.5. The van der Waals surface area contributed by atoms with Gasteiger partial charge in [0.2, 0.25) is 10.0 Å². The van der Waals surface area contributed by atoms with E-state index in [1.54, 1.807) is 0 Å². The molecule has 4 nitrogen and oxygen atoms in total. The Morgan fingerprint density at radius 2 is 2.00 bits per heavy atom. The number of sulfonamides is 1. The van der Waals surface area contributed by atoms with Crippen molar-refractivity contribution in [3.05, 3.63) is 45.2 Å². The van der Waals surface area contributed by atoms with Crippen molar-refractivity contribution < 1.29 is 13.2 Å². The summed E-state index contributed by atoms with van der Waals surface area (Å²) in [4.78, 5) is 0. The third-order valence-corrected chi connectivity index (χ3v) is 6.70. The van der Waals surface area contributed by atoms with E-state index in [0.717, 1.165) is 11.3 Å². The van der Waals surface area contributed by atoms with Crippen molar-refractivity contribution in [1.82, 2.24) is 4.72 Å². The van der Waals surface area contributed by atoms with Gasteiger partial charge < -0.3 is 4.74 Å². The highest BCUT2D eigenvalue weighted by molar-refractivity contribution is 9.11. The van der Waals surface area contributed by atoms with Crippen molar-refractivity contribution in [2.75, 3.05) is 13.2 Å². The topological polar surface area (TPSA) is 55.4 Å². The Kier molecular flexibility index (Phi) is 5.45. The summed E-state index contributed by atoms with van der Waals surface area (Å²) in [6.07, 6.45) is 0. The molecule has 0 spiro atoms. The smallest absolute Gasteiger partial charge is 0.250 e. The van der Waals surface area contributed by atoms with Gasteiger partial charge in [-0.15, -0.1) is 11.3 Å². The first-order valence-corrected chi connectivity index (χ1v) is 9.08. The zero-order chi connectivity index (χ0) is 14.6. The molecular formula is C12H11BrClNO3S2. The van der Waals surface area contributed by atoms with Gasteiger partial charge >= 0.3 is 0 Å². The fourth-order valence-electron chi connectivity index (χ4n) is 1.39. The second-order valence-electron chi connectivity index (χ2n) is 3.75. The van der Waals surface area contributed by atoms with E-state index >= 15 is 0 Å². The molecule has 1 aromatic heterocycles. The molecule has 2 rings (SSSR count). The highest BCUT2D eigenvalue weighted by atomic mass is 79.9. The number of ether oxygens (including phenoxy) is 1. The van der Waals surface area contributed by atoms with Gasteiger partial charge in [0.05, 0.1) is 8.81 Å². The number of benzene rings is 1.